The average Bonchev–Trinajstić information content (AvgIpc) is 2.88. The van der Waals surface area contributed by atoms with Crippen LogP contribution < -0.4 is 10.1 Å². The summed E-state index contributed by atoms with van der Waals surface area (Å²) in [6.45, 7) is 0. The number of ether oxygens (including phenoxy) is 1. The van der Waals surface area contributed by atoms with Gasteiger partial charge in [0.25, 0.3) is 0 Å². The fourth-order valence-corrected chi connectivity index (χ4v) is 4.25. The molecule has 2 aliphatic rings. The highest BCUT2D eigenvalue weighted by atomic mass is 79.9. The summed E-state index contributed by atoms with van der Waals surface area (Å²) in [4.78, 5) is 4.83. The predicted molar refractivity (Wildman–Crippen MR) is 85.3 cm³/mol. The summed E-state index contributed by atoms with van der Waals surface area (Å²) in [5.41, 5.74) is 1.03. The number of aliphatic imine (C=N–C) groups is 1. The van der Waals surface area contributed by atoms with Crippen molar-refractivity contribution in [2.75, 3.05) is 18.2 Å². The maximum atomic E-state index is 5.31. The fourth-order valence-electron chi connectivity index (χ4n) is 2.68. The van der Waals surface area contributed by atoms with Gasteiger partial charge in [0.2, 0.25) is 0 Å². The van der Waals surface area contributed by atoms with Crippen LogP contribution in [0.1, 0.15) is 19.3 Å². The van der Waals surface area contributed by atoms with E-state index >= 15 is 0 Å². The number of amidine groups is 1. The zero-order valence-corrected chi connectivity index (χ0v) is 13.3. The Balaban J connectivity index is 1.74. The van der Waals surface area contributed by atoms with E-state index in [1.54, 1.807) is 7.11 Å². The van der Waals surface area contributed by atoms with Crippen molar-refractivity contribution < 1.29 is 4.74 Å². The monoisotopic (exact) mass is 340 g/mol. The van der Waals surface area contributed by atoms with Gasteiger partial charge in [-0.05, 0) is 46.8 Å². The molecule has 3 rings (SSSR count). The molecule has 1 saturated carbocycles. The summed E-state index contributed by atoms with van der Waals surface area (Å²) in [5.74, 6) is 2.84. The first kappa shape index (κ1) is 13.3. The minimum Gasteiger partial charge on any atom is -0.495 e. The van der Waals surface area contributed by atoms with Gasteiger partial charge >= 0.3 is 0 Å². The smallest absolute Gasteiger partial charge is 0.161 e. The van der Waals surface area contributed by atoms with Crippen molar-refractivity contribution in [1.29, 1.82) is 0 Å². The van der Waals surface area contributed by atoms with Crippen molar-refractivity contribution in [1.82, 2.24) is 0 Å². The third-order valence-electron chi connectivity index (χ3n) is 3.74. The van der Waals surface area contributed by atoms with Gasteiger partial charge in [0, 0.05) is 17.5 Å². The molecule has 1 aliphatic heterocycles. The fraction of sp³-hybridized carbons (Fsp3) is 0.500. The van der Waals surface area contributed by atoms with E-state index in [4.69, 9.17) is 9.73 Å². The van der Waals surface area contributed by atoms with Crippen LogP contribution in [0.5, 0.6) is 5.75 Å². The van der Waals surface area contributed by atoms with Crippen LogP contribution in [-0.2, 0) is 0 Å². The first-order valence-corrected chi connectivity index (χ1v) is 8.35. The molecule has 1 aliphatic carbocycles. The summed E-state index contributed by atoms with van der Waals surface area (Å²) in [6.07, 6.45) is 3.93. The van der Waals surface area contributed by atoms with E-state index in [2.05, 4.69) is 21.2 Å². The number of thioether (sulfide) groups is 1. The predicted octanol–water partition coefficient (Wildman–Crippen LogP) is 4.14. The molecule has 1 heterocycles. The minimum atomic E-state index is 0.543. The van der Waals surface area contributed by atoms with Gasteiger partial charge in [0.15, 0.2) is 5.17 Å². The van der Waals surface area contributed by atoms with Crippen LogP contribution in [-0.4, -0.2) is 24.1 Å². The van der Waals surface area contributed by atoms with Crippen molar-refractivity contribution in [2.45, 2.75) is 25.3 Å². The zero-order chi connectivity index (χ0) is 13.2. The maximum absolute atomic E-state index is 5.31. The SMILES string of the molecule is COc1cc(NC2=NC3CCCC3CS2)ccc1Br. The molecular formula is C14H17BrN2OS. The van der Waals surface area contributed by atoms with Crippen LogP contribution in [0.15, 0.2) is 27.7 Å². The second-order valence-corrected chi connectivity index (χ2v) is 6.84. The van der Waals surface area contributed by atoms with Crippen molar-refractivity contribution in [3.8, 4) is 5.75 Å². The van der Waals surface area contributed by atoms with Gasteiger partial charge in [-0.15, -0.1) is 0 Å². The highest BCUT2D eigenvalue weighted by Gasteiger charge is 2.30. The average molecular weight is 341 g/mol. The highest BCUT2D eigenvalue weighted by Crippen LogP contribution is 2.36. The number of nitrogens with one attached hydrogen (secondary N) is 1. The van der Waals surface area contributed by atoms with E-state index < -0.39 is 0 Å². The Labute approximate surface area is 126 Å². The number of methoxy groups -OCH3 is 1. The largest absolute Gasteiger partial charge is 0.495 e. The number of fused-ring (bicyclic) bond motifs is 1. The van der Waals surface area contributed by atoms with Gasteiger partial charge in [-0.2, -0.15) is 0 Å². The second kappa shape index (κ2) is 5.75. The number of rotatable bonds is 2. The van der Waals surface area contributed by atoms with E-state index in [0.717, 1.165) is 27.0 Å². The van der Waals surface area contributed by atoms with E-state index in [1.165, 1.54) is 25.0 Å². The normalized spacial score (nSPS) is 25.7. The van der Waals surface area contributed by atoms with Gasteiger partial charge in [-0.1, -0.05) is 18.2 Å². The molecule has 2 unspecified atom stereocenters. The van der Waals surface area contributed by atoms with Crippen LogP contribution in [0, 0.1) is 5.92 Å². The minimum absolute atomic E-state index is 0.543. The maximum Gasteiger partial charge on any atom is 0.161 e. The third-order valence-corrected chi connectivity index (χ3v) is 5.47. The second-order valence-electron chi connectivity index (χ2n) is 4.98. The topological polar surface area (TPSA) is 33.6 Å². The Kier molecular flexibility index (Phi) is 4.03. The third kappa shape index (κ3) is 2.92. The Morgan fingerprint density at radius 2 is 2.32 bits per heavy atom. The highest BCUT2D eigenvalue weighted by molar-refractivity contribution is 9.10. The molecule has 3 nitrogen and oxygen atoms in total. The van der Waals surface area contributed by atoms with E-state index in [9.17, 15) is 0 Å². The standard InChI is InChI=1S/C14H17BrN2OS/c1-18-13-7-10(5-6-11(13)15)16-14-17-12-4-2-3-9(12)8-19-14/h5-7,9,12H,2-4,8H2,1H3,(H,16,17). The molecule has 1 aromatic rings. The molecule has 2 atom stereocenters. The zero-order valence-electron chi connectivity index (χ0n) is 10.9. The summed E-state index contributed by atoms with van der Waals surface area (Å²) >= 11 is 5.30. The number of anilines is 1. The van der Waals surface area contributed by atoms with Crippen LogP contribution in [0.2, 0.25) is 0 Å². The van der Waals surface area contributed by atoms with Gasteiger partial charge < -0.3 is 10.1 Å². The van der Waals surface area contributed by atoms with Crippen LogP contribution >= 0.6 is 27.7 Å². The number of benzene rings is 1. The van der Waals surface area contributed by atoms with E-state index in [1.807, 2.05) is 30.0 Å². The first-order valence-electron chi connectivity index (χ1n) is 6.57. The Bertz CT molecular complexity index is 506. The summed E-state index contributed by atoms with van der Waals surface area (Å²) in [6, 6.07) is 6.57. The summed E-state index contributed by atoms with van der Waals surface area (Å²) < 4.78 is 6.28. The number of hydrogen-bond acceptors (Lipinski definition) is 4. The summed E-state index contributed by atoms with van der Waals surface area (Å²) in [7, 11) is 1.68. The molecule has 0 aromatic heterocycles. The molecular weight excluding hydrogens is 324 g/mol. The van der Waals surface area contributed by atoms with Crippen molar-refractivity contribution in [3.63, 3.8) is 0 Å². The van der Waals surface area contributed by atoms with Crippen LogP contribution in [0.4, 0.5) is 5.69 Å². The molecule has 0 radical (unpaired) electrons. The molecule has 102 valence electrons. The molecule has 0 bridgehead atoms. The Morgan fingerprint density at radius 3 is 3.16 bits per heavy atom. The lowest BCUT2D eigenvalue weighted by Crippen LogP contribution is -2.25. The molecule has 1 fully saturated rings. The van der Waals surface area contributed by atoms with Crippen molar-refractivity contribution >= 4 is 38.5 Å². The van der Waals surface area contributed by atoms with Crippen molar-refractivity contribution in [2.24, 2.45) is 10.9 Å². The molecule has 1 N–H and O–H groups in total. The molecule has 5 heteroatoms. The van der Waals surface area contributed by atoms with E-state index in [-0.39, 0.29) is 0 Å². The summed E-state index contributed by atoms with van der Waals surface area (Å²) in [5, 5.41) is 4.46. The molecule has 0 spiro atoms. The van der Waals surface area contributed by atoms with Gasteiger partial charge in [0.05, 0.1) is 17.6 Å². The molecule has 0 amide bonds. The Morgan fingerprint density at radius 1 is 1.42 bits per heavy atom. The number of halogens is 1. The Hall–Kier alpha value is -0.680. The van der Waals surface area contributed by atoms with Crippen molar-refractivity contribution in [3.05, 3.63) is 22.7 Å². The number of hydrogen-bond donors (Lipinski definition) is 1. The lowest BCUT2D eigenvalue weighted by atomic mass is 10.1. The van der Waals surface area contributed by atoms with Crippen LogP contribution in [0.3, 0.4) is 0 Å². The van der Waals surface area contributed by atoms with E-state index in [0.29, 0.717) is 6.04 Å². The van der Waals surface area contributed by atoms with Crippen LogP contribution in [0.25, 0.3) is 0 Å². The molecule has 1 aromatic carbocycles. The first-order chi connectivity index (χ1) is 9.26. The van der Waals surface area contributed by atoms with Gasteiger partial charge in [-0.3, -0.25) is 4.99 Å². The number of nitrogens with zero attached hydrogens (tertiary/aromatic N) is 1. The quantitative estimate of drug-likeness (QED) is 0.878. The molecule has 0 saturated heterocycles. The van der Waals surface area contributed by atoms with Gasteiger partial charge in [-0.25, -0.2) is 0 Å². The lowest BCUT2D eigenvalue weighted by Gasteiger charge is -2.23. The lowest BCUT2D eigenvalue weighted by molar-refractivity contribution is 0.412. The molecule has 19 heavy (non-hydrogen) atoms. The van der Waals surface area contributed by atoms with Gasteiger partial charge in [0.1, 0.15) is 5.75 Å².